The largest absolute Gasteiger partial charge is 0.410 e. The number of hydrogen-bond acceptors (Lipinski definition) is 3. The maximum Gasteiger partial charge on any atom is 0.410 e. The zero-order chi connectivity index (χ0) is 22.9. The van der Waals surface area contributed by atoms with Crippen LogP contribution in [0, 0.1) is 5.82 Å². The van der Waals surface area contributed by atoms with Crippen LogP contribution in [0.2, 0.25) is 0 Å². The molecule has 5 nitrogen and oxygen atoms in total. The number of nitrogens with zero attached hydrogens (tertiary/aromatic N) is 2. The number of hydrogen-bond donors (Lipinski definition) is 2. The summed E-state index contributed by atoms with van der Waals surface area (Å²) < 4.78 is 55.3. The highest BCUT2D eigenvalue weighted by molar-refractivity contribution is 5.98. The van der Waals surface area contributed by atoms with E-state index in [1.54, 1.807) is 0 Å². The SMILES string of the molecule is CCc1ccc([C@@H]2C[C@H](C(F)(F)F)n3ncc(C(=O)NCc4ccc(F)cc4)c3N2)cc1. The van der Waals surface area contributed by atoms with Gasteiger partial charge in [0.05, 0.1) is 12.2 Å². The molecule has 2 aromatic carbocycles. The maximum absolute atomic E-state index is 13.8. The molecule has 168 valence electrons. The first-order chi connectivity index (χ1) is 15.3. The van der Waals surface area contributed by atoms with Crippen molar-refractivity contribution in [2.45, 2.75) is 44.6 Å². The number of benzene rings is 2. The Hall–Kier alpha value is -3.36. The van der Waals surface area contributed by atoms with Crippen molar-refractivity contribution in [2.24, 2.45) is 0 Å². The highest BCUT2D eigenvalue weighted by Crippen LogP contribution is 2.44. The van der Waals surface area contributed by atoms with Gasteiger partial charge in [0.15, 0.2) is 6.04 Å². The molecule has 2 N–H and O–H groups in total. The van der Waals surface area contributed by atoms with E-state index in [4.69, 9.17) is 0 Å². The van der Waals surface area contributed by atoms with Crippen molar-refractivity contribution in [1.82, 2.24) is 15.1 Å². The number of carbonyl (C=O) groups is 1. The number of carbonyl (C=O) groups excluding carboxylic acids is 1. The summed E-state index contributed by atoms with van der Waals surface area (Å²) in [6, 6.07) is 10.5. The number of halogens is 4. The number of alkyl halides is 3. The van der Waals surface area contributed by atoms with E-state index in [2.05, 4.69) is 15.7 Å². The second kappa shape index (κ2) is 8.64. The first kappa shape index (κ1) is 21.9. The minimum Gasteiger partial charge on any atom is -0.363 e. The van der Waals surface area contributed by atoms with Gasteiger partial charge in [-0.25, -0.2) is 9.07 Å². The lowest BCUT2D eigenvalue weighted by Gasteiger charge is -2.34. The Morgan fingerprint density at radius 3 is 2.41 bits per heavy atom. The summed E-state index contributed by atoms with van der Waals surface area (Å²) in [5.41, 5.74) is 2.48. The molecule has 1 aromatic heterocycles. The van der Waals surface area contributed by atoms with Gasteiger partial charge in [0, 0.05) is 13.0 Å². The topological polar surface area (TPSA) is 59.0 Å². The lowest BCUT2D eigenvalue weighted by atomic mass is 9.95. The predicted molar refractivity (Wildman–Crippen MR) is 112 cm³/mol. The molecule has 0 spiro atoms. The van der Waals surface area contributed by atoms with Crippen molar-refractivity contribution in [3.63, 3.8) is 0 Å². The van der Waals surface area contributed by atoms with Gasteiger partial charge in [-0.1, -0.05) is 43.3 Å². The third-order valence-electron chi connectivity index (χ3n) is 5.64. The van der Waals surface area contributed by atoms with Crippen molar-refractivity contribution >= 4 is 11.7 Å². The first-order valence-corrected chi connectivity index (χ1v) is 10.3. The Balaban J connectivity index is 1.60. The van der Waals surface area contributed by atoms with E-state index >= 15 is 0 Å². The van der Waals surface area contributed by atoms with Crippen molar-refractivity contribution in [1.29, 1.82) is 0 Å². The first-order valence-electron chi connectivity index (χ1n) is 10.3. The van der Waals surface area contributed by atoms with E-state index < -0.39 is 30.0 Å². The van der Waals surface area contributed by atoms with Crippen LogP contribution in [-0.4, -0.2) is 21.9 Å². The quantitative estimate of drug-likeness (QED) is 0.532. The monoisotopic (exact) mass is 446 g/mol. The van der Waals surface area contributed by atoms with E-state index in [1.165, 1.54) is 24.3 Å². The molecule has 4 rings (SSSR count). The Morgan fingerprint density at radius 2 is 1.78 bits per heavy atom. The van der Waals surface area contributed by atoms with Crippen molar-refractivity contribution in [3.8, 4) is 0 Å². The molecule has 2 heterocycles. The van der Waals surface area contributed by atoms with Crippen LogP contribution in [-0.2, 0) is 13.0 Å². The molecule has 0 bridgehead atoms. The van der Waals surface area contributed by atoms with Crippen molar-refractivity contribution in [3.05, 3.63) is 82.8 Å². The van der Waals surface area contributed by atoms with Crippen LogP contribution in [0.25, 0.3) is 0 Å². The fraction of sp³-hybridized carbons (Fsp3) is 0.304. The highest BCUT2D eigenvalue weighted by Gasteiger charge is 2.47. The van der Waals surface area contributed by atoms with Gasteiger partial charge in [0.1, 0.15) is 17.2 Å². The zero-order valence-corrected chi connectivity index (χ0v) is 17.3. The van der Waals surface area contributed by atoms with Gasteiger partial charge in [-0.3, -0.25) is 4.79 Å². The van der Waals surface area contributed by atoms with E-state index in [9.17, 15) is 22.4 Å². The Bertz CT molecular complexity index is 1090. The second-order valence-corrected chi connectivity index (χ2v) is 7.75. The highest BCUT2D eigenvalue weighted by atomic mass is 19.4. The molecule has 0 fully saturated rings. The molecule has 0 saturated heterocycles. The lowest BCUT2D eigenvalue weighted by Crippen LogP contribution is -2.36. The normalized spacial score (nSPS) is 18.0. The number of aromatic nitrogens is 2. The van der Waals surface area contributed by atoms with Crippen molar-refractivity contribution in [2.75, 3.05) is 5.32 Å². The molecule has 2 atom stereocenters. The number of anilines is 1. The number of nitrogens with one attached hydrogen (secondary N) is 2. The van der Waals surface area contributed by atoms with Crippen LogP contribution >= 0.6 is 0 Å². The zero-order valence-electron chi connectivity index (χ0n) is 17.3. The van der Waals surface area contributed by atoms with Gasteiger partial charge in [-0.15, -0.1) is 0 Å². The van der Waals surface area contributed by atoms with Crippen LogP contribution in [0.3, 0.4) is 0 Å². The summed E-state index contributed by atoms with van der Waals surface area (Å²) >= 11 is 0. The Kier molecular flexibility index (Phi) is 5.90. The number of amides is 1. The predicted octanol–water partition coefficient (Wildman–Crippen LogP) is 5.17. The van der Waals surface area contributed by atoms with Gasteiger partial charge in [0.25, 0.3) is 5.91 Å². The fourth-order valence-corrected chi connectivity index (χ4v) is 3.81. The van der Waals surface area contributed by atoms with E-state index in [-0.39, 0.29) is 24.3 Å². The molecule has 1 aliphatic heterocycles. The van der Waals surface area contributed by atoms with Gasteiger partial charge in [-0.05, 0) is 35.2 Å². The Morgan fingerprint density at radius 1 is 1.12 bits per heavy atom. The smallest absolute Gasteiger partial charge is 0.363 e. The summed E-state index contributed by atoms with van der Waals surface area (Å²) in [6.07, 6.45) is -2.79. The van der Waals surface area contributed by atoms with Crippen LogP contribution < -0.4 is 10.6 Å². The molecule has 1 amide bonds. The third kappa shape index (κ3) is 4.46. The number of aryl methyl sites for hydroxylation is 1. The minimum absolute atomic E-state index is 0.0243. The fourth-order valence-electron chi connectivity index (χ4n) is 3.81. The van der Waals surface area contributed by atoms with Gasteiger partial charge >= 0.3 is 6.18 Å². The Labute approximate surface area is 182 Å². The van der Waals surface area contributed by atoms with E-state index in [0.29, 0.717) is 11.1 Å². The van der Waals surface area contributed by atoms with Crippen molar-refractivity contribution < 1.29 is 22.4 Å². The summed E-state index contributed by atoms with van der Waals surface area (Å²) in [7, 11) is 0. The van der Waals surface area contributed by atoms with Crippen LogP contribution in [0.1, 0.15) is 52.5 Å². The average molecular weight is 446 g/mol. The number of fused-ring (bicyclic) bond motifs is 1. The van der Waals surface area contributed by atoms with Gasteiger partial charge < -0.3 is 10.6 Å². The van der Waals surface area contributed by atoms with Crippen LogP contribution in [0.15, 0.2) is 54.7 Å². The van der Waals surface area contributed by atoms with Crippen LogP contribution in [0.5, 0.6) is 0 Å². The second-order valence-electron chi connectivity index (χ2n) is 7.75. The summed E-state index contributed by atoms with van der Waals surface area (Å²) in [5, 5.41) is 9.61. The lowest BCUT2D eigenvalue weighted by molar-refractivity contribution is -0.173. The average Bonchev–Trinajstić information content (AvgIpc) is 3.21. The third-order valence-corrected chi connectivity index (χ3v) is 5.64. The van der Waals surface area contributed by atoms with E-state index in [0.717, 1.165) is 22.9 Å². The molecule has 0 aliphatic carbocycles. The summed E-state index contributed by atoms with van der Waals surface area (Å²) in [6.45, 7) is 2.11. The summed E-state index contributed by atoms with van der Waals surface area (Å²) in [4.78, 5) is 12.7. The molecule has 3 aromatic rings. The molecular weight excluding hydrogens is 424 g/mol. The molecule has 1 aliphatic rings. The number of rotatable bonds is 5. The van der Waals surface area contributed by atoms with Gasteiger partial charge in [-0.2, -0.15) is 18.3 Å². The maximum atomic E-state index is 13.8. The standard InChI is InChI=1S/C23H22F4N4O/c1-2-14-3-7-16(8-4-14)19-11-20(23(25,26)27)31-21(30-19)18(13-29-31)22(32)28-12-15-5-9-17(24)10-6-15/h3-10,13,19-20,30H,2,11-12H2,1H3,(H,28,32)/t19-,20+/m0/s1. The van der Waals surface area contributed by atoms with E-state index in [1.807, 2.05) is 31.2 Å². The molecule has 0 saturated carbocycles. The minimum atomic E-state index is -4.52. The molecular formula is C23H22F4N4O. The molecule has 0 radical (unpaired) electrons. The summed E-state index contributed by atoms with van der Waals surface area (Å²) in [5.74, 6) is -0.933. The molecule has 9 heteroatoms. The molecule has 0 unspecified atom stereocenters. The van der Waals surface area contributed by atoms with Crippen LogP contribution in [0.4, 0.5) is 23.4 Å². The molecule has 32 heavy (non-hydrogen) atoms. The van der Waals surface area contributed by atoms with Gasteiger partial charge in [0.2, 0.25) is 0 Å².